The van der Waals surface area contributed by atoms with Crippen LogP contribution in [0.25, 0.3) is 0 Å². The lowest BCUT2D eigenvalue weighted by molar-refractivity contribution is 0.536. The molecule has 1 saturated heterocycles. The highest BCUT2D eigenvalue weighted by Crippen LogP contribution is 2.32. The van der Waals surface area contributed by atoms with Gasteiger partial charge in [-0.15, -0.1) is 11.3 Å². The first-order chi connectivity index (χ1) is 11.4. The van der Waals surface area contributed by atoms with Gasteiger partial charge in [-0.25, -0.2) is 4.98 Å². The second-order valence-electron chi connectivity index (χ2n) is 5.75. The molecule has 3 aromatic rings. The fraction of sp³-hybridized carbons (Fsp3) is 0.211. The lowest BCUT2D eigenvalue weighted by atomic mass is 10.0. The molecule has 1 fully saturated rings. The van der Waals surface area contributed by atoms with Gasteiger partial charge in [-0.3, -0.25) is 0 Å². The molecule has 23 heavy (non-hydrogen) atoms. The minimum atomic E-state index is 0.342. The molecule has 116 valence electrons. The lowest BCUT2D eigenvalue weighted by Gasteiger charge is -2.43. The van der Waals surface area contributed by atoms with Crippen LogP contribution < -0.4 is 9.80 Å². The minimum Gasteiger partial charge on any atom is -0.361 e. The summed E-state index contributed by atoms with van der Waals surface area (Å²) in [6.45, 7) is 2.96. The molecule has 2 heterocycles. The van der Waals surface area contributed by atoms with Crippen LogP contribution in [0.4, 0.5) is 11.5 Å². The van der Waals surface area contributed by atoms with Crippen LogP contribution in [0.5, 0.6) is 0 Å². The highest BCUT2D eigenvalue weighted by molar-refractivity contribution is 7.07. The Morgan fingerprint density at radius 3 is 2.35 bits per heavy atom. The van der Waals surface area contributed by atoms with Crippen molar-refractivity contribution in [3.05, 3.63) is 77.1 Å². The summed E-state index contributed by atoms with van der Waals surface area (Å²) in [6, 6.07) is 21.8. The topological polar surface area (TPSA) is 19.4 Å². The first-order valence-corrected chi connectivity index (χ1v) is 8.86. The van der Waals surface area contributed by atoms with Crippen LogP contribution in [-0.2, 0) is 0 Å². The minimum absolute atomic E-state index is 0.342. The van der Waals surface area contributed by atoms with Crippen molar-refractivity contribution >= 4 is 22.8 Å². The van der Waals surface area contributed by atoms with Gasteiger partial charge in [0.2, 0.25) is 0 Å². The van der Waals surface area contributed by atoms with Crippen molar-refractivity contribution in [1.82, 2.24) is 4.98 Å². The number of para-hydroxylation sites is 1. The molecule has 0 aliphatic carbocycles. The number of hydrogen-bond acceptors (Lipinski definition) is 4. The van der Waals surface area contributed by atoms with Gasteiger partial charge in [0.1, 0.15) is 5.82 Å². The van der Waals surface area contributed by atoms with Crippen LogP contribution in [0.1, 0.15) is 11.6 Å². The Morgan fingerprint density at radius 1 is 0.913 bits per heavy atom. The van der Waals surface area contributed by atoms with E-state index in [2.05, 4.69) is 80.8 Å². The molecule has 0 spiro atoms. The molecule has 1 aliphatic heterocycles. The second-order valence-corrected chi connectivity index (χ2v) is 6.47. The Balaban J connectivity index is 1.67. The monoisotopic (exact) mass is 321 g/mol. The number of nitrogens with zero attached hydrogens (tertiary/aromatic N) is 3. The van der Waals surface area contributed by atoms with Crippen molar-refractivity contribution in [3.63, 3.8) is 0 Å². The van der Waals surface area contributed by atoms with Crippen LogP contribution in [0.2, 0.25) is 0 Å². The summed E-state index contributed by atoms with van der Waals surface area (Å²) >= 11 is 1.66. The Hall–Kier alpha value is -2.33. The quantitative estimate of drug-likeness (QED) is 0.720. The molecular weight excluding hydrogens is 302 g/mol. The molecule has 4 heteroatoms. The van der Waals surface area contributed by atoms with Crippen molar-refractivity contribution in [1.29, 1.82) is 0 Å². The van der Waals surface area contributed by atoms with E-state index in [1.54, 1.807) is 11.3 Å². The van der Waals surface area contributed by atoms with Gasteiger partial charge in [0, 0.05) is 30.7 Å². The number of aromatic nitrogens is 1. The summed E-state index contributed by atoms with van der Waals surface area (Å²) in [5.74, 6) is 1.10. The normalized spacial score (nSPS) is 18.2. The van der Waals surface area contributed by atoms with Crippen LogP contribution in [0.3, 0.4) is 0 Å². The smallest absolute Gasteiger partial charge is 0.139 e. The van der Waals surface area contributed by atoms with Crippen LogP contribution in [0, 0.1) is 0 Å². The fourth-order valence-electron chi connectivity index (χ4n) is 3.24. The van der Waals surface area contributed by atoms with Crippen LogP contribution in [0.15, 0.2) is 71.6 Å². The molecule has 1 aromatic heterocycles. The van der Waals surface area contributed by atoms with E-state index in [9.17, 15) is 0 Å². The summed E-state index contributed by atoms with van der Waals surface area (Å²) in [5, 5.41) is 2.14. The van der Waals surface area contributed by atoms with Gasteiger partial charge >= 0.3 is 0 Å². The van der Waals surface area contributed by atoms with E-state index < -0.39 is 0 Å². The molecule has 4 rings (SSSR count). The molecule has 0 bridgehead atoms. The maximum absolute atomic E-state index is 4.49. The van der Waals surface area contributed by atoms with Crippen molar-refractivity contribution in [2.45, 2.75) is 6.04 Å². The van der Waals surface area contributed by atoms with Crippen molar-refractivity contribution in [3.8, 4) is 0 Å². The molecule has 1 aliphatic rings. The number of hydrogen-bond donors (Lipinski definition) is 0. The van der Waals surface area contributed by atoms with Crippen molar-refractivity contribution in [2.75, 3.05) is 29.4 Å². The summed E-state index contributed by atoms with van der Waals surface area (Å²) in [7, 11) is 0. The van der Waals surface area contributed by atoms with E-state index in [-0.39, 0.29) is 0 Å². The van der Waals surface area contributed by atoms with Gasteiger partial charge in [-0.05, 0) is 17.7 Å². The Kier molecular flexibility index (Phi) is 3.99. The predicted molar refractivity (Wildman–Crippen MR) is 97.3 cm³/mol. The third-order valence-corrected chi connectivity index (χ3v) is 4.97. The molecule has 0 saturated carbocycles. The van der Waals surface area contributed by atoms with E-state index in [4.69, 9.17) is 0 Å². The molecule has 1 unspecified atom stereocenters. The SMILES string of the molecule is c1ccc(C2CN(c3cscn3)CCN2c2ccccc2)cc1. The van der Waals surface area contributed by atoms with Gasteiger partial charge in [-0.1, -0.05) is 48.5 Å². The average molecular weight is 321 g/mol. The zero-order valence-electron chi connectivity index (χ0n) is 12.9. The van der Waals surface area contributed by atoms with Crippen LogP contribution in [-0.4, -0.2) is 24.6 Å². The predicted octanol–water partition coefficient (Wildman–Crippen LogP) is 4.21. The van der Waals surface area contributed by atoms with Crippen LogP contribution >= 0.6 is 11.3 Å². The van der Waals surface area contributed by atoms with Gasteiger partial charge in [-0.2, -0.15) is 0 Å². The number of anilines is 2. The largest absolute Gasteiger partial charge is 0.361 e. The van der Waals surface area contributed by atoms with E-state index in [0.29, 0.717) is 6.04 Å². The zero-order chi connectivity index (χ0) is 15.5. The Bertz CT molecular complexity index is 728. The number of thiazole rings is 1. The third-order valence-electron chi connectivity index (χ3n) is 4.40. The van der Waals surface area contributed by atoms with E-state index >= 15 is 0 Å². The summed E-state index contributed by atoms with van der Waals surface area (Å²) in [4.78, 5) is 9.40. The number of rotatable bonds is 3. The molecule has 1 atom stereocenters. The van der Waals surface area contributed by atoms with E-state index in [0.717, 1.165) is 25.5 Å². The molecule has 2 aromatic carbocycles. The molecular formula is C19H19N3S. The average Bonchev–Trinajstić information content (AvgIpc) is 3.17. The maximum atomic E-state index is 4.49. The van der Waals surface area contributed by atoms with Crippen molar-refractivity contribution < 1.29 is 0 Å². The third kappa shape index (κ3) is 2.94. The molecule has 0 amide bonds. The first kappa shape index (κ1) is 14.3. The van der Waals surface area contributed by atoms with Gasteiger partial charge < -0.3 is 9.80 Å². The summed E-state index contributed by atoms with van der Waals surface area (Å²) in [6.07, 6.45) is 0. The molecule has 0 N–H and O–H groups in total. The first-order valence-electron chi connectivity index (χ1n) is 7.91. The lowest BCUT2D eigenvalue weighted by Crippen LogP contribution is -2.48. The standard InChI is InChI=1S/C19H19N3S/c1-3-7-16(8-4-1)18-13-21(19-14-23-15-20-19)11-12-22(18)17-9-5-2-6-10-17/h1-10,14-15,18H,11-13H2. The second kappa shape index (κ2) is 6.42. The number of benzene rings is 2. The zero-order valence-corrected chi connectivity index (χ0v) is 13.7. The Morgan fingerprint density at radius 2 is 1.65 bits per heavy atom. The van der Waals surface area contributed by atoms with Gasteiger partial charge in [0.25, 0.3) is 0 Å². The van der Waals surface area contributed by atoms with Gasteiger partial charge in [0.05, 0.1) is 11.6 Å². The number of piperazine rings is 1. The summed E-state index contributed by atoms with van der Waals surface area (Å²) < 4.78 is 0. The molecule has 3 nitrogen and oxygen atoms in total. The van der Waals surface area contributed by atoms with Gasteiger partial charge in [0.15, 0.2) is 0 Å². The van der Waals surface area contributed by atoms with E-state index in [1.165, 1.54) is 11.3 Å². The molecule has 0 radical (unpaired) electrons. The highest BCUT2D eigenvalue weighted by Gasteiger charge is 2.29. The van der Waals surface area contributed by atoms with Crippen molar-refractivity contribution in [2.24, 2.45) is 0 Å². The summed E-state index contributed by atoms with van der Waals surface area (Å²) in [5.41, 5.74) is 4.56. The maximum Gasteiger partial charge on any atom is 0.139 e. The fourth-order valence-corrected chi connectivity index (χ4v) is 3.80. The van der Waals surface area contributed by atoms with E-state index in [1.807, 2.05) is 5.51 Å². The Labute approximate surface area is 140 Å². The highest BCUT2D eigenvalue weighted by atomic mass is 32.1.